The summed E-state index contributed by atoms with van der Waals surface area (Å²) < 4.78 is 0. The molecule has 0 bridgehead atoms. The van der Waals surface area contributed by atoms with E-state index < -0.39 is 0 Å². The highest BCUT2D eigenvalue weighted by molar-refractivity contribution is 5.43. The molecule has 2 nitrogen and oxygen atoms in total. The van der Waals surface area contributed by atoms with Crippen molar-refractivity contribution in [2.24, 2.45) is 10.8 Å². The van der Waals surface area contributed by atoms with Crippen molar-refractivity contribution in [3.63, 3.8) is 0 Å². The molecular formula is C16H26N2. The van der Waals surface area contributed by atoms with Crippen LogP contribution in [0.2, 0.25) is 0 Å². The van der Waals surface area contributed by atoms with E-state index in [0.717, 1.165) is 5.82 Å². The minimum absolute atomic E-state index is 0.170. The zero-order valence-electron chi connectivity index (χ0n) is 12.8. The molecule has 1 aliphatic rings. The Kier molecular flexibility index (Phi) is 2.77. The molecular weight excluding hydrogens is 220 g/mol. The lowest BCUT2D eigenvalue weighted by Crippen LogP contribution is -2.14. The summed E-state index contributed by atoms with van der Waals surface area (Å²) in [5.74, 6) is 0.992. The van der Waals surface area contributed by atoms with Gasteiger partial charge in [0.05, 0.1) is 0 Å². The van der Waals surface area contributed by atoms with Crippen molar-refractivity contribution in [3.8, 4) is 0 Å². The number of nitrogens with zero attached hydrogens (tertiary/aromatic N) is 1. The molecule has 1 aromatic heterocycles. The van der Waals surface area contributed by atoms with E-state index in [9.17, 15) is 0 Å². The summed E-state index contributed by atoms with van der Waals surface area (Å²) in [4.78, 5) is 4.55. The molecule has 0 atom stereocenters. The molecule has 2 heteroatoms. The molecule has 1 saturated carbocycles. The van der Waals surface area contributed by atoms with Gasteiger partial charge in [-0.3, -0.25) is 0 Å². The van der Waals surface area contributed by atoms with Gasteiger partial charge in [-0.15, -0.1) is 0 Å². The lowest BCUT2D eigenvalue weighted by molar-refractivity contribution is 0.457. The highest BCUT2D eigenvalue weighted by Crippen LogP contribution is 2.63. The fraction of sp³-hybridized carbons (Fsp3) is 0.688. The fourth-order valence-corrected chi connectivity index (χ4v) is 2.63. The first-order valence-corrected chi connectivity index (χ1v) is 6.80. The molecule has 0 amide bonds. The molecule has 0 unspecified atom stereocenters. The molecule has 0 radical (unpaired) electrons. The Labute approximate surface area is 111 Å². The van der Waals surface area contributed by atoms with Crippen molar-refractivity contribution >= 4 is 5.82 Å². The van der Waals surface area contributed by atoms with Crippen LogP contribution in [-0.2, 0) is 5.41 Å². The first-order valence-electron chi connectivity index (χ1n) is 6.80. The summed E-state index contributed by atoms with van der Waals surface area (Å²) in [6.45, 7) is 15.9. The third kappa shape index (κ3) is 2.02. The normalized spacial score (nSPS) is 21.7. The first-order chi connectivity index (χ1) is 8.07. The molecule has 1 fully saturated rings. The fourth-order valence-electron chi connectivity index (χ4n) is 2.63. The Morgan fingerprint density at radius 1 is 1.06 bits per heavy atom. The molecule has 0 spiro atoms. The zero-order valence-corrected chi connectivity index (χ0v) is 12.8. The van der Waals surface area contributed by atoms with Crippen LogP contribution >= 0.6 is 0 Å². The van der Waals surface area contributed by atoms with E-state index in [1.54, 1.807) is 0 Å². The van der Waals surface area contributed by atoms with Crippen LogP contribution in [0.15, 0.2) is 18.3 Å². The summed E-state index contributed by atoms with van der Waals surface area (Å²) in [5, 5.41) is 3.56. The van der Waals surface area contributed by atoms with Crippen LogP contribution in [0.1, 0.15) is 54.0 Å². The van der Waals surface area contributed by atoms with Crippen LogP contribution in [0.5, 0.6) is 0 Å². The van der Waals surface area contributed by atoms with Crippen molar-refractivity contribution in [1.82, 2.24) is 4.98 Å². The molecule has 18 heavy (non-hydrogen) atoms. The van der Waals surface area contributed by atoms with E-state index in [1.807, 2.05) is 6.20 Å². The van der Waals surface area contributed by atoms with Crippen LogP contribution in [0.3, 0.4) is 0 Å². The number of pyridine rings is 1. The van der Waals surface area contributed by atoms with Crippen molar-refractivity contribution in [2.75, 3.05) is 5.32 Å². The molecule has 1 aliphatic carbocycles. The highest BCUT2D eigenvalue weighted by Gasteiger charge is 2.65. The third-order valence-electron chi connectivity index (χ3n) is 4.94. The predicted octanol–water partition coefficient (Wildman–Crippen LogP) is 4.23. The second-order valence-electron chi connectivity index (χ2n) is 7.70. The molecule has 0 aromatic carbocycles. The second kappa shape index (κ2) is 3.72. The van der Waals surface area contributed by atoms with E-state index >= 15 is 0 Å². The number of aromatic nitrogens is 1. The zero-order chi connectivity index (χ0) is 13.8. The number of hydrogen-bond acceptors (Lipinski definition) is 2. The van der Waals surface area contributed by atoms with Crippen LogP contribution in [0.25, 0.3) is 0 Å². The Bertz CT molecular complexity index is 421. The molecule has 1 aromatic rings. The predicted molar refractivity (Wildman–Crippen MR) is 77.9 cm³/mol. The number of nitrogens with one attached hydrogen (secondary N) is 1. The molecule has 1 N–H and O–H groups in total. The summed E-state index contributed by atoms with van der Waals surface area (Å²) in [5.41, 5.74) is 2.14. The molecule has 100 valence electrons. The van der Waals surface area contributed by atoms with E-state index in [0.29, 0.717) is 16.9 Å². The van der Waals surface area contributed by atoms with Crippen molar-refractivity contribution in [1.29, 1.82) is 0 Å². The lowest BCUT2D eigenvalue weighted by atomic mass is 9.88. The van der Waals surface area contributed by atoms with Gasteiger partial charge in [-0.25, -0.2) is 4.98 Å². The van der Waals surface area contributed by atoms with E-state index in [2.05, 4.69) is 70.9 Å². The standard InChI is InChI=1S/C16H26N2/c1-14(2,3)11-8-9-12(17-10-11)18-13-15(4,5)16(13,6)7/h8-10,13H,1-7H3,(H,17,18). The third-order valence-corrected chi connectivity index (χ3v) is 4.94. The Hall–Kier alpha value is -1.05. The van der Waals surface area contributed by atoms with Crippen LogP contribution in [0.4, 0.5) is 5.82 Å². The van der Waals surface area contributed by atoms with Gasteiger partial charge in [0.25, 0.3) is 0 Å². The maximum absolute atomic E-state index is 4.55. The molecule has 0 aliphatic heterocycles. The van der Waals surface area contributed by atoms with Crippen molar-refractivity contribution < 1.29 is 0 Å². The van der Waals surface area contributed by atoms with Gasteiger partial charge in [0.15, 0.2) is 0 Å². The number of hydrogen-bond donors (Lipinski definition) is 1. The topological polar surface area (TPSA) is 24.9 Å². The minimum Gasteiger partial charge on any atom is -0.366 e. The maximum atomic E-state index is 4.55. The second-order valence-corrected chi connectivity index (χ2v) is 7.70. The first kappa shape index (κ1) is 13.4. The largest absolute Gasteiger partial charge is 0.366 e. The van der Waals surface area contributed by atoms with Gasteiger partial charge in [0, 0.05) is 12.2 Å². The highest BCUT2D eigenvalue weighted by atomic mass is 15.1. The van der Waals surface area contributed by atoms with Gasteiger partial charge in [-0.2, -0.15) is 0 Å². The molecule has 0 saturated heterocycles. The van der Waals surface area contributed by atoms with E-state index in [4.69, 9.17) is 0 Å². The summed E-state index contributed by atoms with van der Waals surface area (Å²) >= 11 is 0. The maximum Gasteiger partial charge on any atom is 0.126 e. The number of rotatable bonds is 2. The van der Waals surface area contributed by atoms with E-state index in [-0.39, 0.29) is 5.41 Å². The minimum atomic E-state index is 0.170. The summed E-state index contributed by atoms with van der Waals surface area (Å²) in [6.07, 6.45) is 1.99. The average Bonchev–Trinajstić information content (AvgIpc) is 2.60. The van der Waals surface area contributed by atoms with Gasteiger partial charge in [0.2, 0.25) is 0 Å². The van der Waals surface area contributed by atoms with Crippen molar-refractivity contribution in [3.05, 3.63) is 23.9 Å². The van der Waals surface area contributed by atoms with Gasteiger partial charge in [0.1, 0.15) is 5.82 Å². The van der Waals surface area contributed by atoms with E-state index in [1.165, 1.54) is 5.56 Å². The Morgan fingerprint density at radius 2 is 1.61 bits per heavy atom. The SMILES string of the molecule is CC(C)(C)c1ccc(NC2C(C)(C)C2(C)C)nc1. The average molecular weight is 246 g/mol. The van der Waals surface area contributed by atoms with Crippen molar-refractivity contribution in [2.45, 2.75) is 59.9 Å². The monoisotopic (exact) mass is 246 g/mol. The van der Waals surface area contributed by atoms with Gasteiger partial charge >= 0.3 is 0 Å². The lowest BCUT2D eigenvalue weighted by Gasteiger charge is -2.18. The molecule has 2 rings (SSSR count). The Balaban J connectivity index is 2.09. The number of anilines is 1. The molecule has 1 heterocycles. The van der Waals surface area contributed by atoms with Gasteiger partial charge < -0.3 is 5.32 Å². The Morgan fingerprint density at radius 3 is 1.94 bits per heavy atom. The van der Waals surface area contributed by atoms with Crippen LogP contribution < -0.4 is 5.32 Å². The van der Waals surface area contributed by atoms with Crippen LogP contribution in [0, 0.1) is 10.8 Å². The summed E-state index contributed by atoms with van der Waals surface area (Å²) in [6, 6.07) is 4.79. The summed E-state index contributed by atoms with van der Waals surface area (Å²) in [7, 11) is 0. The van der Waals surface area contributed by atoms with Gasteiger partial charge in [-0.05, 0) is 27.9 Å². The smallest absolute Gasteiger partial charge is 0.126 e. The van der Waals surface area contributed by atoms with Crippen LogP contribution in [-0.4, -0.2) is 11.0 Å². The van der Waals surface area contributed by atoms with Gasteiger partial charge in [-0.1, -0.05) is 54.5 Å². The quantitative estimate of drug-likeness (QED) is 0.845.